The van der Waals surface area contributed by atoms with Crippen molar-refractivity contribution >= 4 is 60.5 Å². The summed E-state index contributed by atoms with van der Waals surface area (Å²) in [5.74, 6) is -8.88. The van der Waals surface area contributed by atoms with Crippen molar-refractivity contribution in [3.05, 3.63) is 0 Å². The second kappa shape index (κ2) is 28.5. The van der Waals surface area contributed by atoms with E-state index in [0.717, 1.165) is 0 Å². The molecule has 0 aromatic rings. The van der Waals surface area contributed by atoms with Crippen LogP contribution in [0.2, 0.25) is 0 Å². The molecule has 0 saturated carbocycles. The summed E-state index contributed by atoms with van der Waals surface area (Å²) in [6, 6.07) is 0. The van der Waals surface area contributed by atoms with Gasteiger partial charge >= 0.3 is 122 Å². The van der Waals surface area contributed by atoms with Crippen LogP contribution in [-0.4, -0.2) is 105 Å². The Labute approximate surface area is 257 Å². The first-order valence-electron chi connectivity index (χ1n) is 6.89. The first-order chi connectivity index (χ1) is 12.8. The van der Waals surface area contributed by atoms with Crippen molar-refractivity contribution in [1.82, 2.24) is 0 Å². The second-order valence-electron chi connectivity index (χ2n) is 4.81. The molecule has 0 atom stereocenters. The van der Waals surface area contributed by atoms with Gasteiger partial charge in [-0.3, -0.25) is 0 Å². The van der Waals surface area contributed by atoms with E-state index in [9.17, 15) is 54.3 Å². The summed E-state index contributed by atoms with van der Waals surface area (Å²) in [5.41, 5.74) is 0. The predicted molar refractivity (Wildman–Crippen MR) is 70.2 cm³/mol. The number of carboxylic acid groups (broad SMARTS) is 6. The fourth-order valence-corrected chi connectivity index (χ4v) is 1.61. The van der Waals surface area contributed by atoms with Gasteiger partial charge in [0.2, 0.25) is 0 Å². The quantitative estimate of drug-likeness (QED) is 0.163. The standard InChI is InChI=1S/2C6H9NO6.Bi.3Na.O/c2*8-4(9)1-7(2-5(10)11)3-6(12)13;;;;;/h2*1-3H2,(H,8,9)(H,10,11)(H,12,13);;;;;/q;;;3*+1;/p-3. The zero-order valence-electron chi connectivity index (χ0n) is 17.0. The third kappa shape index (κ3) is 41.2. The molecule has 31 heavy (non-hydrogen) atoms. The van der Waals surface area contributed by atoms with Gasteiger partial charge in [0.25, 0.3) is 0 Å². The van der Waals surface area contributed by atoms with Gasteiger partial charge in [0, 0.05) is 0 Å². The molecule has 0 aliphatic heterocycles. The van der Waals surface area contributed by atoms with Crippen molar-refractivity contribution in [2.24, 2.45) is 0 Å². The van der Waals surface area contributed by atoms with Crippen molar-refractivity contribution in [3.8, 4) is 0 Å². The molecule has 0 amide bonds. The van der Waals surface area contributed by atoms with Crippen LogP contribution in [-0.2, 0) is 31.6 Å². The number of hydrogen-bond acceptors (Lipinski definition) is 12. The van der Waals surface area contributed by atoms with E-state index in [2.05, 4.69) is 0 Å². The normalized spacial score (nSPS) is 8.45. The van der Waals surface area contributed by atoms with Gasteiger partial charge in [-0.1, -0.05) is 0 Å². The Bertz CT molecular complexity index is 458. The van der Waals surface area contributed by atoms with E-state index >= 15 is 0 Å². The number of rotatable bonds is 12. The zero-order chi connectivity index (χ0) is 22.9. The van der Waals surface area contributed by atoms with E-state index in [1.807, 2.05) is 0 Å². The van der Waals surface area contributed by atoms with Crippen LogP contribution < -0.4 is 124 Å². The Hall–Kier alpha value is 0.423. The Morgan fingerprint density at radius 2 is 0.677 bits per heavy atom. The summed E-state index contributed by atoms with van der Waals surface area (Å²) in [6.45, 7) is -4.05. The number of quaternary nitrogens is 2. The van der Waals surface area contributed by atoms with Gasteiger partial charge in [0.15, 0.2) is 6.54 Å². The molecule has 15 nitrogen and oxygen atoms in total. The van der Waals surface area contributed by atoms with Crippen LogP contribution >= 0.6 is 0 Å². The van der Waals surface area contributed by atoms with Gasteiger partial charge in [0.1, 0.15) is 32.7 Å². The van der Waals surface area contributed by atoms with Crippen LogP contribution in [0.25, 0.3) is 0 Å². The molecule has 0 saturated heterocycles. The Morgan fingerprint density at radius 3 is 0.806 bits per heavy atom. The first-order valence-corrected chi connectivity index (χ1v) is 8.31. The zero-order valence-corrected chi connectivity index (χ0v) is 26.5. The van der Waals surface area contributed by atoms with Gasteiger partial charge in [-0.05, 0) is 0 Å². The average molecular weight is 673 g/mol. The van der Waals surface area contributed by atoms with Crippen molar-refractivity contribution in [2.75, 3.05) is 39.3 Å². The van der Waals surface area contributed by atoms with Crippen molar-refractivity contribution in [2.45, 2.75) is 0 Å². The summed E-state index contributed by atoms with van der Waals surface area (Å²) in [4.78, 5) is 59.9. The van der Waals surface area contributed by atoms with Gasteiger partial charge in [0.05, 0.1) is 29.8 Å². The molecule has 3 N–H and O–H groups in total. The molecule has 159 valence electrons. The van der Waals surface area contributed by atoms with Gasteiger partial charge in [-0.25, -0.2) is 4.79 Å². The molecule has 0 heterocycles. The van der Waals surface area contributed by atoms with E-state index in [1.165, 1.54) is 0 Å². The Kier molecular flexibility index (Phi) is 41.3. The number of carbonyl (C=O) groups excluding carboxylic acids is 5. The van der Waals surface area contributed by atoms with Gasteiger partial charge in [-0.2, -0.15) is 0 Å². The minimum absolute atomic E-state index is 0. The molecule has 0 aliphatic carbocycles. The molecule has 0 aromatic carbocycles. The molecular formula is C12H15BiN2Na3O13. The maximum absolute atomic E-state index is 10.1. The van der Waals surface area contributed by atoms with E-state index < -0.39 is 75.1 Å². The van der Waals surface area contributed by atoms with Gasteiger partial charge < -0.3 is 64.4 Å². The minimum atomic E-state index is -1.53. The molecule has 0 aliphatic rings. The number of nitrogens with one attached hydrogen (secondary N) is 2. The predicted octanol–water partition coefficient (Wildman–Crippen LogP) is -21.9. The molecule has 19 heteroatoms. The summed E-state index contributed by atoms with van der Waals surface area (Å²) < 4.78 is 8.36. The molecule has 0 aromatic heterocycles. The third-order valence-electron chi connectivity index (χ3n) is 2.37. The van der Waals surface area contributed by atoms with Crippen molar-refractivity contribution in [1.29, 1.82) is 0 Å². The maximum atomic E-state index is 10.1. The van der Waals surface area contributed by atoms with E-state index in [0.29, 0.717) is 0 Å². The second-order valence-corrected chi connectivity index (χ2v) is 4.81. The number of hydrogen-bond donors (Lipinski definition) is 3. The van der Waals surface area contributed by atoms with Crippen LogP contribution in [0.15, 0.2) is 0 Å². The van der Waals surface area contributed by atoms with Crippen LogP contribution in [0.4, 0.5) is 0 Å². The fourth-order valence-electron chi connectivity index (χ4n) is 1.61. The van der Waals surface area contributed by atoms with Crippen LogP contribution in [0.3, 0.4) is 0 Å². The molecular weight excluding hydrogens is 658 g/mol. The first kappa shape index (κ1) is 45.0. The van der Waals surface area contributed by atoms with Crippen LogP contribution in [0, 0.1) is 0 Å². The molecule has 0 unspecified atom stereocenters. The monoisotopic (exact) mass is 673 g/mol. The van der Waals surface area contributed by atoms with Crippen LogP contribution in [0.5, 0.6) is 0 Å². The van der Waals surface area contributed by atoms with Crippen molar-refractivity contribution in [3.63, 3.8) is 0 Å². The molecule has 0 fully saturated rings. The summed E-state index contributed by atoms with van der Waals surface area (Å²) >= 11 is 0.194. The van der Waals surface area contributed by atoms with Crippen LogP contribution in [0.1, 0.15) is 0 Å². The Balaban J connectivity index is -0.0000000855. The fraction of sp³-hybridized carbons (Fsp3) is 0.500. The molecule has 1 radical (unpaired) electrons. The summed E-state index contributed by atoms with van der Waals surface area (Å²) in [6.07, 6.45) is 0. The SMILES string of the molecule is O=C([O-])C[NH+](CC(=O)[O-])CC(=O)O.O=C([O-])C[NH+](CC(=O)[O-])CC(=O)[O-].[Na+].[Na+].[Na+].[O]=[Bi]. The number of aliphatic carboxylic acids is 6. The topological polar surface area (TPSA) is 264 Å². The van der Waals surface area contributed by atoms with E-state index in [-0.39, 0.29) is 123 Å². The average Bonchev–Trinajstić information content (AvgIpc) is 2.45. The van der Waals surface area contributed by atoms with Gasteiger partial charge in [-0.15, -0.1) is 0 Å². The molecule has 0 rings (SSSR count). The van der Waals surface area contributed by atoms with E-state index in [4.69, 9.17) is 7.92 Å². The Morgan fingerprint density at radius 1 is 0.516 bits per heavy atom. The third-order valence-corrected chi connectivity index (χ3v) is 2.37. The molecule has 0 bridgehead atoms. The number of carboxylic acids is 6. The summed E-state index contributed by atoms with van der Waals surface area (Å²) in [5, 5.41) is 58.4. The summed E-state index contributed by atoms with van der Waals surface area (Å²) in [7, 11) is 0. The number of carbonyl (C=O) groups is 6. The van der Waals surface area contributed by atoms with Crippen molar-refractivity contribution < 1.29 is 161 Å². The van der Waals surface area contributed by atoms with E-state index in [1.54, 1.807) is 0 Å². The molecule has 0 spiro atoms.